The predicted octanol–water partition coefficient (Wildman–Crippen LogP) is 2.93. The number of likely N-dealkylation sites (N-methyl/N-ethyl adjacent to an activating group) is 1. The van der Waals surface area contributed by atoms with Gasteiger partial charge in [0.25, 0.3) is 0 Å². The molecule has 0 bridgehead atoms. The molecule has 1 aromatic heterocycles. The van der Waals surface area contributed by atoms with E-state index in [1.807, 2.05) is 12.3 Å². The summed E-state index contributed by atoms with van der Waals surface area (Å²) in [5.74, 6) is 0.669. The van der Waals surface area contributed by atoms with Crippen LogP contribution in [0.3, 0.4) is 0 Å². The Labute approximate surface area is 116 Å². The molecule has 1 fully saturated rings. The quantitative estimate of drug-likeness (QED) is 0.910. The number of aryl methyl sites for hydroxylation is 1. The lowest BCUT2D eigenvalue weighted by Gasteiger charge is -2.48. The summed E-state index contributed by atoms with van der Waals surface area (Å²) in [6, 6.07) is 1.98. The van der Waals surface area contributed by atoms with Crippen molar-refractivity contribution in [3.8, 4) is 0 Å². The number of aromatic nitrogens is 1. The minimum atomic E-state index is -0.459. The second-order valence-corrected chi connectivity index (χ2v) is 6.33. The molecule has 3 atom stereocenters. The number of nitrogens with zero attached hydrogens (tertiary/aromatic N) is 2. The lowest BCUT2D eigenvalue weighted by molar-refractivity contribution is -0.0455. The first-order valence-electron chi connectivity index (χ1n) is 7.23. The van der Waals surface area contributed by atoms with E-state index in [0.717, 1.165) is 24.0 Å². The largest absolute Gasteiger partial charge is 0.386 e. The summed E-state index contributed by atoms with van der Waals surface area (Å²) in [6.07, 6.45) is 7.72. The van der Waals surface area contributed by atoms with Gasteiger partial charge in [0.2, 0.25) is 0 Å². The van der Waals surface area contributed by atoms with E-state index in [0.29, 0.717) is 5.92 Å². The molecular formula is C16H26N2O. The van der Waals surface area contributed by atoms with Crippen LogP contribution in [0.4, 0.5) is 0 Å². The minimum absolute atomic E-state index is 0.147. The van der Waals surface area contributed by atoms with Gasteiger partial charge in [0.15, 0.2) is 0 Å². The highest BCUT2D eigenvalue weighted by molar-refractivity contribution is 5.27. The summed E-state index contributed by atoms with van der Waals surface area (Å²) in [4.78, 5) is 6.41. The SMILES string of the molecule is Cc1ccncc1C(O)C1(N(C)C)CCCC(C)C1. The molecule has 0 aromatic carbocycles. The van der Waals surface area contributed by atoms with Crippen molar-refractivity contribution in [1.82, 2.24) is 9.88 Å². The highest BCUT2D eigenvalue weighted by Crippen LogP contribution is 2.44. The van der Waals surface area contributed by atoms with Crippen molar-refractivity contribution < 1.29 is 5.11 Å². The second-order valence-electron chi connectivity index (χ2n) is 6.33. The normalized spacial score (nSPS) is 29.5. The molecule has 106 valence electrons. The number of pyridine rings is 1. The molecule has 0 spiro atoms. The second kappa shape index (κ2) is 5.59. The Bertz CT molecular complexity index is 433. The molecule has 2 rings (SSSR count). The van der Waals surface area contributed by atoms with Gasteiger partial charge < -0.3 is 10.0 Å². The molecule has 3 unspecified atom stereocenters. The van der Waals surface area contributed by atoms with Crippen molar-refractivity contribution in [2.24, 2.45) is 5.92 Å². The van der Waals surface area contributed by atoms with Crippen molar-refractivity contribution >= 4 is 0 Å². The molecule has 0 amide bonds. The number of rotatable bonds is 3. The van der Waals surface area contributed by atoms with Crippen molar-refractivity contribution in [3.05, 3.63) is 29.6 Å². The fourth-order valence-corrected chi connectivity index (χ4v) is 3.52. The summed E-state index contributed by atoms with van der Waals surface area (Å²) in [5, 5.41) is 11.0. The Morgan fingerprint density at radius 1 is 1.47 bits per heavy atom. The molecule has 0 saturated heterocycles. The molecule has 3 heteroatoms. The zero-order valence-electron chi connectivity index (χ0n) is 12.6. The zero-order chi connectivity index (χ0) is 14.0. The Balaban J connectivity index is 2.36. The Hall–Kier alpha value is -0.930. The fraction of sp³-hybridized carbons (Fsp3) is 0.688. The van der Waals surface area contributed by atoms with Crippen LogP contribution in [-0.4, -0.2) is 34.6 Å². The first-order chi connectivity index (χ1) is 8.97. The Morgan fingerprint density at radius 2 is 2.21 bits per heavy atom. The van der Waals surface area contributed by atoms with E-state index in [2.05, 4.69) is 37.8 Å². The monoisotopic (exact) mass is 262 g/mol. The van der Waals surface area contributed by atoms with E-state index >= 15 is 0 Å². The molecule has 0 aliphatic heterocycles. The highest BCUT2D eigenvalue weighted by Gasteiger charge is 2.44. The van der Waals surface area contributed by atoms with Crippen LogP contribution in [-0.2, 0) is 0 Å². The molecule has 19 heavy (non-hydrogen) atoms. The van der Waals surface area contributed by atoms with Gasteiger partial charge in [-0.1, -0.05) is 19.8 Å². The van der Waals surface area contributed by atoms with E-state index in [9.17, 15) is 5.11 Å². The maximum atomic E-state index is 11.0. The van der Waals surface area contributed by atoms with Crippen molar-refractivity contribution in [2.45, 2.75) is 51.2 Å². The first kappa shape index (κ1) is 14.5. The van der Waals surface area contributed by atoms with Gasteiger partial charge in [-0.05, 0) is 51.4 Å². The van der Waals surface area contributed by atoms with Gasteiger partial charge >= 0.3 is 0 Å². The third-order valence-corrected chi connectivity index (χ3v) is 4.78. The van der Waals surface area contributed by atoms with Gasteiger partial charge in [0.1, 0.15) is 0 Å². The minimum Gasteiger partial charge on any atom is -0.386 e. The van der Waals surface area contributed by atoms with Gasteiger partial charge in [-0.2, -0.15) is 0 Å². The van der Waals surface area contributed by atoms with Crippen LogP contribution in [0.2, 0.25) is 0 Å². The fourth-order valence-electron chi connectivity index (χ4n) is 3.52. The van der Waals surface area contributed by atoms with Crippen LogP contribution >= 0.6 is 0 Å². The standard InChI is InChI=1S/C16H26N2O/c1-12-6-5-8-16(10-12,18(3)4)15(19)14-11-17-9-7-13(14)2/h7,9,11-12,15,19H,5-6,8,10H2,1-4H3. The van der Waals surface area contributed by atoms with E-state index in [4.69, 9.17) is 0 Å². The first-order valence-corrected chi connectivity index (χ1v) is 7.23. The number of hydrogen-bond acceptors (Lipinski definition) is 3. The topological polar surface area (TPSA) is 36.4 Å². The van der Waals surface area contributed by atoms with E-state index < -0.39 is 6.10 Å². The van der Waals surface area contributed by atoms with Crippen LogP contribution in [0.25, 0.3) is 0 Å². The smallest absolute Gasteiger partial charge is 0.0990 e. The Kier molecular flexibility index (Phi) is 4.26. The van der Waals surface area contributed by atoms with Gasteiger partial charge in [-0.3, -0.25) is 4.98 Å². The average Bonchev–Trinajstić information content (AvgIpc) is 2.38. The van der Waals surface area contributed by atoms with Crippen LogP contribution in [0.15, 0.2) is 18.5 Å². The van der Waals surface area contributed by atoms with Crippen molar-refractivity contribution in [3.63, 3.8) is 0 Å². The van der Waals surface area contributed by atoms with Crippen molar-refractivity contribution in [1.29, 1.82) is 0 Å². The molecule has 1 heterocycles. The van der Waals surface area contributed by atoms with Gasteiger partial charge in [0, 0.05) is 18.0 Å². The summed E-state index contributed by atoms with van der Waals surface area (Å²) in [5.41, 5.74) is 1.96. The summed E-state index contributed by atoms with van der Waals surface area (Å²) in [6.45, 7) is 4.34. The van der Waals surface area contributed by atoms with Crippen LogP contribution < -0.4 is 0 Å². The van der Waals surface area contributed by atoms with Gasteiger partial charge in [-0.15, -0.1) is 0 Å². The molecule has 0 radical (unpaired) electrons. The lowest BCUT2D eigenvalue weighted by atomic mass is 9.70. The number of hydrogen-bond donors (Lipinski definition) is 1. The third-order valence-electron chi connectivity index (χ3n) is 4.78. The average molecular weight is 262 g/mol. The molecule has 1 N–H and O–H groups in total. The predicted molar refractivity (Wildman–Crippen MR) is 78.0 cm³/mol. The van der Waals surface area contributed by atoms with Gasteiger partial charge in [-0.25, -0.2) is 0 Å². The molecule has 1 aromatic rings. The molecule has 3 nitrogen and oxygen atoms in total. The number of aliphatic hydroxyl groups excluding tert-OH is 1. The molecule has 1 aliphatic rings. The highest BCUT2D eigenvalue weighted by atomic mass is 16.3. The van der Waals surface area contributed by atoms with Crippen LogP contribution in [0.1, 0.15) is 49.8 Å². The van der Waals surface area contributed by atoms with E-state index in [-0.39, 0.29) is 5.54 Å². The van der Waals surface area contributed by atoms with E-state index in [1.165, 1.54) is 12.8 Å². The summed E-state index contributed by atoms with van der Waals surface area (Å²) >= 11 is 0. The Morgan fingerprint density at radius 3 is 2.79 bits per heavy atom. The van der Waals surface area contributed by atoms with Crippen molar-refractivity contribution in [2.75, 3.05) is 14.1 Å². The van der Waals surface area contributed by atoms with Crippen LogP contribution in [0.5, 0.6) is 0 Å². The lowest BCUT2D eigenvalue weighted by Crippen LogP contribution is -2.52. The molecule has 1 saturated carbocycles. The summed E-state index contributed by atoms with van der Waals surface area (Å²) < 4.78 is 0. The maximum absolute atomic E-state index is 11.0. The summed E-state index contributed by atoms with van der Waals surface area (Å²) in [7, 11) is 4.18. The van der Waals surface area contributed by atoms with Gasteiger partial charge in [0.05, 0.1) is 11.6 Å². The zero-order valence-corrected chi connectivity index (χ0v) is 12.6. The molecule has 1 aliphatic carbocycles. The maximum Gasteiger partial charge on any atom is 0.0990 e. The number of aliphatic hydroxyl groups is 1. The van der Waals surface area contributed by atoms with Crippen LogP contribution in [0, 0.1) is 12.8 Å². The van der Waals surface area contributed by atoms with E-state index in [1.54, 1.807) is 6.20 Å². The third kappa shape index (κ3) is 2.67. The molecular weight excluding hydrogens is 236 g/mol.